The molecule has 5 rings (SSSR count). The Kier molecular flexibility index (Phi) is 8.25. The van der Waals surface area contributed by atoms with Crippen molar-refractivity contribution in [3.8, 4) is 5.75 Å². The predicted molar refractivity (Wildman–Crippen MR) is 152 cm³/mol. The molecule has 1 amide bonds. The second-order valence-electron chi connectivity index (χ2n) is 12.0. The van der Waals surface area contributed by atoms with Crippen LogP contribution in [-0.2, 0) is 12.7 Å². The van der Waals surface area contributed by atoms with Gasteiger partial charge in [-0.3, -0.25) is 9.78 Å². The summed E-state index contributed by atoms with van der Waals surface area (Å²) in [6, 6.07) is 12.3. The van der Waals surface area contributed by atoms with Crippen molar-refractivity contribution in [2.75, 3.05) is 5.32 Å². The Morgan fingerprint density at radius 3 is 2.43 bits per heavy atom. The van der Waals surface area contributed by atoms with Crippen LogP contribution in [0.15, 0.2) is 60.8 Å². The van der Waals surface area contributed by atoms with Crippen LogP contribution < -0.4 is 15.4 Å². The molecule has 0 spiro atoms. The van der Waals surface area contributed by atoms with Crippen molar-refractivity contribution in [2.45, 2.75) is 65.2 Å². The first-order chi connectivity index (χ1) is 20.6. The van der Waals surface area contributed by atoms with Gasteiger partial charge in [-0.15, -0.1) is 13.2 Å². The van der Waals surface area contributed by atoms with Crippen molar-refractivity contribution in [3.05, 3.63) is 77.6 Å². The summed E-state index contributed by atoms with van der Waals surface area (Å²) in [6.45, 7) is 6.18. The average molecular weight is 620 g/mol. The van der Waals surface area contributed by atoms with Crippen LogP contribution in [0.5, 0.6) is 5.75 Å². The zero-order chi connectivity index (χ0) is 31.9. The van der Waals surface area contributed by atoms with Gasteiger partial charge in [0.2, 0.25) is 5.95 Å². The minimum atomic E-state index is -4.81. The number of amides is 1. The molecular formula is C31H31F6N5O2. The standard InChI is InChI=1S/C31H31F6N5O2/c1-18-13-21(16-29(2,3)15-18)42-26-11-6-19(27(43)39-17-25-23(30(32,33)34)5-4-12-38-25)14-24(26)41-28(42)40-20-7-9-22(10-8-20)44-31(35,36)37/h4-12,14,18,21H,13,15-17H2,1-3H3,(H,39,43)(H,40,41). The van der Waals surface area contributed by atoms with Crippen molar-refractivity contribution in [1.29, 1.82) is 0 Å². The normalized spacial score (nSPS) is 18.7. The molecule has 7 nitrogen and oxygen atoms in total. The summed E-state index contributed by atoms with van der Waals surface area (Å²) in [6.07, 6.45) is -5.42. The van der Waals surface area contributed by atoms with E-state index in [1.807, 2.05) is 0 Å². The SMILES string of the molecule is CC1CC(n2c(Nc3ccc(OC(F)(F)F)cc3)nc3cc(C(=O)NCc4ncccc4C(F)(F)F)ccc32)CC(C)(C)C1. The van der Waals surface area contributed by atoms with Crippen LogP contribution in [0, 0.1) is 11.3 Å². The van der Waals surface area contributed by atoms with Crippen LogP contribution in [-0.4, -0.2) is 26.8 Å². The number of carbonyl (C=O) groups excluding carboxylic acids is 1. The number of ether oxygens (including phenoxy) is 1. The molecule has 0 radical (unpaired) electrons. The molecule has 1 aliphatic carbocycles. The Morgan fingerprint density at radius 2 is 1.77 bits per heavy atom. The number of alkyl halides is 6. The summed E-state index contributed by atoms with van der Waals surface area (Å²) in [5.41, 5.74) is 0.714. The number of halogens is 6. The van der Waals surface area contributed by atoms with Crippen molar-refractivity contribution < 1.29 is 35.9 Å². The molecule has 2 unspecified atom stereocenters. The zero-order valence-corrected chi connectivity index (χ0v) is 24.2. The molecule has 1 aliphatic rings. The van der Waals surface area contributed by atoms with Gasteiger partial charge in [-0.2, -0.15) is 13.2 Å². The molecule has 0 bridgehead atoms. The van der Waals surface area contributed by atoms with Gasteiger partial charge in [0.15, 0.2) is 0 Å². The number of rotatable bonds is 7. The first-order valence-electron chi connectivity index (χ1n) is 14.0. The van der Waals surface area contributed by atoms with Gasteiger partial charge in [0.25, 0.3) is 5.91 Å². The molecule has 2 aromatic heterocycles. The quantitative estimate of drug-likeness (QED) is 0.203. The topological polar surface area (TPSA) is 81.1 Å². The van der Waals surface area contributed by atoms with Gasteiger partial charge in [0, 0.05) is 23.5 Å². The van der Waals surface area contributed by atoms with Gasteiger partial charge < -0.3 is 19.9 Å². The van der Waals surface area contributed by atoms with Crippen LogP contribution in [0.25, 0.3) is 11.0 Å². The molecular weight excluding hydrogens is 588 g/mol. The highest BCUT2D eigenvalue weighted by Gasteiger charge is 2.36. The average Bonchev–Trinajstić information content (AvgIpc) is 3.27. The number of anilines is 2. The summed E-state index contributed by atoms with van der Waals surface area (Å²) in [5.74, 6) is -0.0862. The Bertz CT molecular complexity index is 1650. The number of hydrogen-bond donors (Lipinski definition) is 2. The fraction of sp³-hybridized carbons (Fsp3) is 0.387. The molecule has 1 saturated carbocycles. The number of nitrogens with zero attached hydrogens (tertiary/aromatic N) is 3. The Labute approximate surface area is 249 Å². The number of fused-ring (bicyclic) bond motifs is 1. The second-order valence-corrected chi connectivity index (χ2v) is 12.0. The second kappa shape index (κ2) is 11.7. The summed E-state index contributed by atoms with van der Waals surface area (Å²) in [4.78, 5) is 21.5. The molecule has 234 valence electrons. The number of aromatic nitrogens is 3. The van der Waals surface area contributed by atoms with Gasteiger partial charge in [-0.1, -0.05) is 20.8 Å². The van der Waals surface area contributed by atoms with Gasteiger partial charge in [0.1, 0.15) is 5.75 Å². The maximum absolute atomic E-state index is 13.4. The number of benzene rings is 2. The lowest BCUT2D eigenvalue weighted by Crippen LogP contribution is -2.29. The first-order valence-corrected chi connectivity index (χ1v) is 14.0. The summed E-state index contributed by atoms with van der Waals surface area (Å²) < 4.78 is 84.0. The minimum Gasteiger partial charge on any atom is -0.406 e. The highest BCUT2D eigenvalue weighted by Crippen LogP contribution is 2.46. The van der Waals surface area contributed by atoms with E-state index < -0.39 is 30.6 Å². The third-order valence-electron chi connectivity index (χ3n) is 7.64. The highest BCUT2D eigenvalue weighted by atomic mass is 19.4. The molecule has 13 heteroatoms. The molecule has 0 saturated heterocycles. The summed E-state index contributed by atoms with van der Waals surface area (Å²) >= 11 is 0. The largest absolute Gasteiger partial charge is 0.573 e. The lowest BCUT2D eigenvalue weighted by atomic mass is 9.70. The van der Waals surface area contributed by atoms with E-state index in [0.29, 0.717) is 23.1 Å². The predicted octanol–water partition coefficient (Wildman–Crippen LogP) is 8.41. The van der Waals surface area contributed by atoms with Crippen molar-refractivity contribution in [1.82, 2.24) is 19.9 Å². The van der Waals surface area contributed by atoms with E-state index in [1.165, 1.54) is 36.5 Å². The van der Waals surface area contributed by atoms with E-state index in [-0.39, 0.29) is 28.5 Å². The fourth-order valence-corrected chi connectivity index (χ4v) is 6.16. The van der Waals surface area contributed by atoms with Gasteiger partial charge in [-0.05, 0) is 85.2 Å². The van der Waals surface area contributed by atoms with E-state index >= 15 is 0 Å². The number of carbonyl (C=O) groups is 1. The zero-order valence-electron chi connectivity index (χ0n) is 24.2. The van der Waals surface area contributed by atoms with Gasteiger partial charge in [-0.25, -0.2) is 4.98 Å². The summed E-state index contributed by atoms with van der Waals surface area (Å²) in [7, 11) is 0. The molecule has 2 N–H and O–H groups in total. The van der Waals surface area contributed by atoms with Crippen LogP contribution in [0.4, 0.5) is 38.0 Å². The van der Waals surface area contributed by atoms with Crippen molar-refractivity contribution in [3.63, 3.8) is 0 Å². The number of imidazole rings is 1. The van der Waals surface area contributed by atoms with Gasteiger partial charge >= 0.3 is 12.5 Å². The highest BCUT2D eigenvalue weighted by molar-refractivity contribution is 5.97. The maximum atomic E-state index is 13.4. The molecule has 44 heavy (non-hydrogen) atoms. The lowest BCUT2D eigenvalue weighted by molar-refractivity contribution is -0.274. The Balaban J connectivity index is 1.45. The number of nitrogens with one attached hydrogen (secondary N) is 2. The van der Waals surface area contributed by atoms with Crippen molar-refractivity contribution >= 4 is 28.6 Å². The smallest absolute Gasteiger partial charge is 0.406 e. The third kappa shape index (κ3) is 7.25. The van der Waals surface area contributed by atoms with Crippen LogP contribution in [0.2, 0.25) is 0 Å². The number of pyridine rings is 1. The van der Waals surface area contributed by atoms with E-state index in [4.69, 9.17) is 4.98 Å². The molecule has 2 atom stereocenters. The molecule has 0 aliphatic heterocycles. The van der Waals surface area contributed by atoms with E-state index in [9.17, 15) is 31.1 Å². The molecule has 2 aromatic carbocycles. The van der Waals surface area contributed by atoms with E-state index in [0.717, 1.165) is 30.8 Å². The molecule has 4 aromatic rings. The first kappa shape index (κ1) is 31.1. The monoisotopic (exact) mass is 619 g/mol. The maximum Gasteiger partial charge on any atom is 0.573 e. The van der Waals surface area contributed by atoms with E-state index in [1.54, 1.807) is 18.2 Å². The fourth-order valence-electron chi connectivity index (χ4n) is 6.16. The van der Waals surface area contributed by atoms with Crippen LogP contribution in [0.1, 0.15) is 67.7 Å². The third-order valence-corrected chi connectivity index (χ3v) is 7.64. The lowest BCUT2D eigenvalue weighted by Gasteiger charge is -2.40. The summed E-state index contributed by atoms with van der Waals surface area (Å²) in [5, 5.41) is 5.72. The Hall–Kier alpha value is -4.29. The minimum absolute atomic E-state index is 0.0405. The Morgan fingerprint density at radius 1 is 1.05 bits per heavy atom. The van der Waals surface area contributed by atoms with Crippen LogP contribution in [0.3, 0.4) is 0 Å². The number of hydrogen-bond acceptors (Lipinski definition) is 5. The van der Waals surface area contributed by atoms with E-state index in [2.05, 4.69) is 45.7 Å². The molecule has 1 fully saturated rings. The van der Waals surface area contributed by atoms with Crippen LogP contribution >= 0.6 is 0 Å². The van der Waals surface area contributed by atoms with Crippen molar-refractivity contribution in [2.24, 2.45) is 11.3 Å². The molecule has 2 heterocycles. The van der Waals surface area contributed by atoms with Gasteiger partial charge in [0.05, 0.1) is 28.8 Å².